The van der Waals surface area contributed by atoms with Gasteiger partial charge >= 0.3 is 0 Å². The summed E-state index contributed by atoms with van der Waals surface area (Å²) in [4.78, 5) is 13.4. The second kappa shape index (κ2) is 5.44. The van der Waals surface area contributed by atoms with Crippen molar-refractivity contribution in [2.45, 2.75) is 6.54 Å². The Balaban J connectivity index is 2.04. The van der Waals surface area contributed by atoms with Crippen LogP contribution in [-0.4, -0.2) is 12.5 Å². The molecule has 1 amide bonds. The van der Waals surface area contributed by atoms with Crippen LogP contribution in [-0.2, 0) is 11.3 Å². The summed E-state index contributed by atoms with van der Waals surface area (Å²) in [5, 5.41) is 0. The molecule has 6 heteroatoms. The molecule has 0 fully saturated rings. The number of fused-ring (bicyclic) bond motifs is 1. The molecule has 1 aliphatic heterocycles. The minimum atomic E-state index is -0.502. The summed E-state index contributed by atoms with van der Waals surface area (Å²) >= 11 is 3.20. The monoisotopic (exact) mass is 353 g/mol. The summed E-state index contributed by atoms with van der Waals surface area (Å²) in [5.41, 5.74) is 0.653. The predicted molar refractivity (Wildman–Crippen MR) is 77.2 cm³/mol. The molecular formula is C15H10BrF2NO2. The number of anilines is 1. The van der Waals surface area contributed by atoms with Crippen LogP contribution >= 0.6 is 15.9 Å². The van der Waals surface area contributed by atoms with Crippen molar-refractivity contribution in [2.24, 2.45) is 0 Å². The Morgan fingerprint density at radius 1 is 1.24 bits per heavy atom. The van der Waals surface area contributed by atoms with E-state index in [1.54, 1.807) is 18.2 Å². The van der Waals surface area contributed by atoms with Crippen molar-refractivity contribution >= 4 is 27.5 Å². The quantitative estimate of drug-likeness (QED) is 0.824. The Bertz CT molecular complexity index is 721. The molecule has 0 saturated heterocycles. The zero-order valence-electron chi connectivity index (χ0n) is 10.8. The molecule has 0 bridgehead atoms. The van der Waals surface area contributed by atoms with Crippen LogP contribution < -0.4 is 9.64 Å². The number of nitrogens with zero attached hydrogens (tertiary/aromatic N) is 1. The molecule has 108 valence electrons. The van der Waals surface area contributed by atoms with Gasteiger partial charge in [-0.1, -0.05) is 18.2 Å². The Kier molecular flexibility index (Phi) is 3.63. The lowest BCUT2D eigenvalue weighted by Gasteiger charge is -2.30. The maximum atomic E-state index is 13.8. The zero-order valence-corrected chi connectivity index (χ0v) is 12.4. The van der Waals surface area contributed by atoms with Crippen LogP contribution in [0.15, 0.2) is 40.9 Å². The molecule has 2 aromatic carbocycles. The van der Waals surface area contributed by atoms with E-state index in [4.69, 9.17) is 4.74 Å². The second-order valence-corrected chi connectivity index (χ2v) is 5.45. The fourth-order valence-electron chi connectivity index (χ4n) is 2.21. The van der Waals surface area contributed by atoms with Gasteiger partial charge in [-0.25, -0.2) is 8.78 Å². The Hall–Kier alpha value is -1.95. The number of ether oxygens (including phenoxy) is 1. The molecule has 2 aromatic rings. The minimum absolute atomic E-state index is 0.0256. The average molecular weight is 354 g/mol. The Morgan fingerprint density at radius 3 is 2.76 bits per heavy atom. The molecule has 0 aliphatic carbocycles. The smallest absolute Gasteiger partial charge is 0.265 e. The van der Waals surface area contributed by atoms with Crippen molar-refractivity contribution in [3.8, 4) is 5.75 Å². The molecule has 0 N–H and O–H groups in total. The van der Waals surface area contributed by atoms with Gasteiger partial charge in [0.1, 0.15) is 11.6 Å². The standard InChI is InChI=1S/C15H10BrF2NO2/c16-11-5-10(17)6-13-15(11)21-8-14(20)19(13)7-9-3-1-2-4-12(9)18/h1-6H,7-8H2. The number of hydrogen-bond acceptors (Lipinski definition) is 2. The Morgan fingerprint density at radius 2 is 2.00 bits per heavy atom. The third-order valence-corrected chi connectivity index (χ3v) is 3.80. The van der Waals surface area contributed by atoms with Crippen molar-refractivity contribution in [3.63, 3.8) is 0 Å². The van der Waals surface area contributed by atoms with Gasteiger partial charge in [-0.05, 0) is 28.1 Å². The SMILES string of the molecule is O=C1COc2c(Br)cc(F)cc2N1Cc1ccccc1F. The van der Waals surface area contributed by atoms with Crippen molar-refractivity contribution in [1.29, 1.82) is 0 Å². The molecule has 0 spiro atoms. The molecule has 0 aromatic heterocycles. The fraction of sp³-hybridized carbons (Fsp3) is 0.133. The zero-order chi connectivity index (χ0) is 15.0. The van der Waals surface area contributed by atoms with E-state index >= 15 is 0 Å². The average Bonchev–Trinajstić information content (AvgIpc) is 2.44. The molecule has 3 nitrogen and oxygen atoms in total. The van der Waals surface area contributed by atoms with E-state index in [-0.39, 0.29) is 19.1 Å². The van der Waals surface area contributed by atoms with Gasteiger partial charge in [0, 0.05) is 11.6 Å². The number of benzene rings is 2. The first kappa shape index (κ1) is 14.0. The van der Waals surface area contributed by atoms with Gasteiger partial charge in [-0.15, -0.1) is 0 Å². The number of amides is 1. The largest absolute Gasteiger partial charge is 0.480 e. The van der Waals surface area contributed by atoms with E-state index in [1.807, 2.05) is 0 Å². The lowest BCUT2D eigenvalue weighted by Crippen LogP contribution is -2.38. The first-order chi connectivity index (χ1) is 10.1. The third kappa shape index (κ3) is 2.63. The summed E-state index contributed by atoms with van der Waals surface area (Å²) in [7, 11) is 0. The number of halogens is 3. The van der Waals surface area contributed by atoms with E-state index in [9.17, 15) is 13.6 Å². The molecule has 0 atom stereocenters. The molecule has 1 aliphatic rings. The van der Waals surface area contributed by atoms with E-state index < -0.39 is 11.6 Å². The number of carbonyl (C=O) groups excluding carboxylic acids is 1. The van der Waals surface area contributed by atoms with Crippen molar-refractivity contribution in [2.75, 3.05) is 11.5 Å². The molecule has 0 saturated carbocycles. The van der Waals surface area contributed by atoms with Crippen molar-refractivity contribution in [1.82, 2.24) is 0 Å². The van der Waals surface area contributed by atoms with Gasteiger partial charge in [0.05, 0.1) is 16.7 Å². The highest BCUT2D eigenvalue weighted by atomic mass is 79.9. The van der Waals surface area contributed by atoms with E-state index in [0.29, 0.717) is 21.5 Å². The summed E-state index contributed by atoms with van der Waals surface area (Å²) in [6.45, 7) is -0.135. The number of rotatable bonds is 2. The lowest BCUT2D eigenvalue weighted by atomic mass is 10.1. The highest BCUT2D eigenvalue weighted by Crippen LogP contribution is 2.40. The van der Waals surface area contributed by atoms with Crippen LogP contribution in [0.2, 0.25) is 0 Å². The van der Waals surface area contributed by atoms with E-state index in [2.05, 4.69) is 15.9 Å². The summed E-state index contributed by atoms with van der Waals surface area (Å²) < 4.78 is 33.1. The molecule has 0 radical (unpaired) electrons. The third-order valence-electron chi connectivity index (χ3n) is 3.21. The highest BCUT2D eigenvalue weighted by molar-refractivity contribution is 9.10. The van der Waals surface area contributed by atoms with Crippen LogP contribution in [0.5, 0.6) is 5.75 Å². The predicted octanol–water partition coefficient (Wildman–Crippen LogP) is 3.65. The highest BCUT2D eigenvalue weighted by Gasteiger charge is 2.28. The molecule has 3 rings (SSSR count). The minimum Gasteiger partial charge on any atom is -0.480 e. The van der Waals surface area contributed by atoms with Gasteiger partial charge in [-0.2, -0.15) is 0 Å². The summed E-state index contributed by atoms with van der Waals surface area (Å²) in [5.74, 6) is -0.873. The topological polar surface area (TPSA) is 29.5 Å². The van der Waals surface area contributed by atoms with Gasteiger partial charge < -0.3 is 9.64 Å². The van der Waals surface area contributed by atoms with Gasteiger partial charge in [-0.3, -0.25) is 4.79 Å². The van der Waals surface area contributed by atoms with Crippen LogP contribution in [0.4, 0.5) is 14.5 Å². The van der Waals surface area contributed by atoms with Crippen LogP contribution in [0, 0.1) is 11.6 Å². The number of hydrogen-bond donors (Lipinski definition) is 0. The second-order valence-electron chi connectivity index (χ2n) is 4.60. The molecule has 0 unspecified atom stereocenters. The maximum Gasteiger partial charge on any atom is 0.265 e. The normalized spacial score (nSPS) is 13.9. The first-order valence-corrected chi connectivity index (χ1v) is 7.01. The van der Waals surface area contributed by atoms with Crippen molar-refractivity contribution < 1.29 is 18.3 Å². The summed E-state index contributed by atoms with van der Waals surface area (Å²) in [6.07, 6.45) is 0. The van der Waals surface area contributed by atoms with Crippen LogP contribution in [0.25, 0.3) is 0 Å². The van der Waals surface area contributed by atoms with E-state index in [1.165, 1.54) is 23.1 Å². The maximum absolute atomic E-state index is 13.8. The number of carbonyl (C=O) groups is 1. The first-order valence-electron chi connectivity index (χ1n) is 6.22. The molecular weight excluding hydrogens is 344 g/mol. The van der Waals surface area contributed by atoms with E-state index in [0.717, 1.165) is 0 Å². The molecule has 1 heterocycles. The van der Waals surface area contributed by atoms with Gasteiger partial charge in [0.2, 0.25) is 0 Å². The molecule has 21 heavy (non-hydrogen) atoms. The van der Waals surface area contributed by atoms with Crippen LogP contribution in [0.3, 0.4) is 0 Å². The fourth-order valence-corrected chi connectivity index (χ4v) is 2.74. The lowest BCUT2D eigenvalue weighted by molar-refractivity contribution is -0.121. The Labute approximate surface area is 128 Å². The van der Waals surface area contributed by atoms with Crippen LogP contribution in [0.1, 0.15) is 5.56 Å². The van der Waals surface area contributed by atoms with Crippen molar-refractivity contribution in [3.05, 3.63) is 58.1 Å². The van der Waals surface area contributed by atoms with Gasteiger partial charge in [0.15, 0.2) is 12.4 Å². The van der Waals surface area contributed by atoms with Gasteiger partial charge in [0.25, 0.3) is 5.91 Å². The summed E-state index contributed by atoms with van der Waals surface area (Å²) in [6, 6.07) is 8.64.